The van der Waals surface area contributed by atoms with Gasteiger partial charge >= 0.3 is 18.1 Å². The maximum absolute atomic E-state index is 12.9. The van der Waals surface area contributed by atoms with Crippen molar-refractivity contribution in [1.82, 2.24) is 24.8 Å². The van der Waals surface area contributed by atoms with Gasteiger partial charge in [-0.1, -0.05) is 16.8 Å². The number of aromatic nitrogens is 4. The molecule has 2 aromatic heterocycles. The van der Waals surface area contributed by atoms with E-state index in [-0.39, 0.29) is 6.54 Å². The monoisotopic (exact) mass is 585 g/mol. The molecular weight excluding hydrogens is 552 g/mol. The number of nitrogens with zero attached hydrogens (tertiary/aromatic N) is 8. The molecule has 13 nitrogen and oxygen atoms in total. The highest BCUT2D eigenvalue weighted by Crippen LogP contribution is 2.33. The molecule has 0 atom stereocenters. The Morgan fingerprint density at radius 2 is 1.63 bits per heavy atom. The molecule has 43 heavy (non-hydrogen) atoms. The Balaban J connectivity index is 1.57. The summed E-state index contributed by atoms with van der Waals surface area (Å²) >= 11 is 0. The van der Waals surface area contributed by atoms with E-state index in [2.05, 4.69) is 29.9 Å². The fourth-order valence-corrected chi connectivity index (χ4v) is 3.79. The molecule has 1 aliphatic rings. The summed E-state index contributed by atoms with van der Waals surface area (Å²) in [6.45, 7) is 17.5. The summed E-state index contributed by atoms with van der Waals surface area (Å²) in [6, 6.07) is 4.95. The Labute approximate surface area is 249 Å². The standard InChI is InChI=1S/C30H33N8O5/c1-29(2,3)42-27(39)38(28(40)43-30(4,5)6)18-19-15-34-26(35-16-19)21-10-9-20(31-7)13-24(21)41-25-14-22(36-37(25)8)23-17-32-11-12-33-23/h9-13,15-17H,14,18H2,1-6,8H3/q+1. The van der Waals surface area contributed by atoms with Crippen molar-refractivity contribution in [3.8, 4) is 17.1 Å². The number of rotatable bonds is 5. The molecule has 3 aromatic rings. The Morgan fingerprint density at radius 3 is 2.19 bits per heavy atom. The van der Waals surface area contributed by atoms with Crippen molar-refractivity contribution in [2.75, 3.05) is 7.05 Å². The molecule has 0 bridgehead atoms. The first kappa shape index (κ1) is 30.7. The van der Waals surface area contributed by atoms with Crippen molar-refractivity contribution in [2.45, 2.75) is 65.7 Å². The lowest BCUT2D eigenvalue weighted by atomic mass is 10.1. The zero-order valence-electron chi connectivity index (χ0n) is 25.2. The second kappa shape index (κ2) is 12.3. The van der Waals surface area contributed by atoms with Crippen LogP contribution in [0.5, 0.6) is 5.75 Å². The molecule has 1 aromatic carbocycles. The van der Waals surface area contributed by atoms with E-state index in [1.165, 1.54) is 12.4 Å². The highest BCUT2D eigenvalue weighted by molar-refractivity contribution is 6.10. The smallest absolute Gasteiger partial charge is 0.420 e. The van der Waals surface area contributed by atoms with Gasteiger partial charge in [-0.3, -0.25) is 9.97 Å². The molecular formula is C30H33N8O5+. The fourth-order valence-electron chi connectivity index (χ4n) is 3.79. The second-order valence-electron chi connectivity index (χ2n) is 11.6. The maximum atomic E-state index is 12.9. The van der Waals surface area contributed by atoms with Crippen molar-refractivity contribution in [1.29, 1.82) is 0 Å². The van der Waals surface area contributed by atoms with Crippen molar-refractivity contribution >= 4 is 29.5 Å². The minimum atomic E-state index is -0.850. The van der Waals surface area contributed by atoms with Gasteiger partial charge in [-0.2, -0.15) is 0 Å². The van der Waals surface area contributed by atoms with Crippen molar-refractivity contribution in [3.63, 3.8) is 0 Å². The summed E-state index contributed by atoms with van der Waals surface area (Å²) in [6.07, 6.45) is 6.47. The Bertz CT molecular complexity index is 1590. The van der Waals surface area contributed by atoms with Gasteiger partial charge < -0.3 is 14.2 Å². The van der Waals surface area contributed by atoms with E-state index in [0.717, 1.165) is 4.90 Å². The van der Waals surface area contributed by atoms with E-state index < -0.39 is 23.4 Å². The van der Waals surface area contributed by atoms with E-state index in [9.17, 15) is 9.59 Å². The predicted molar refractivity (Wildman–Crippen MR) is 157 cm³/mol. The molecule has 0 N–H and O–H groups in total. The van der Waals surface area contributed by atoms with E-state index in [4.69, 9.17) is 20.8 Å². The first-order valence-electron chi connectivity index (χ1n) is 13.4. The minimum Gasteiger partial charge on any atom is -0.443 e. The highest BCUT2D eigenvalue weighted by atomic mass is 16.6. The van der Waals surface area contributed by atoms with Crippen molar-refractivity contribution in [2.24, 2.45) is 5.10 Å². The largest absolute Gasteiger partial charge is 0.443 e. The number of imide groups is 1. The van der Waals surface area contributed by atoms with E-state index in [0.29, 0.717) is 52.1 Å². The number of carbonyl (C=O) groups excluding carboxylic acids is 2. The Morgan fingerprint density at radius 1 is 0.977 bits per heavy atom. The van der Waals surface area contributed by atoms with Crippen LogP contribution >= 0.6 is 0 Å². The van der Waals surface area contributed by atoms with Gasteiger partial charge in [0.1, 0.15) is 34.8 Å². The van der Waals surface area contributed by atoms with E-state index >= 15 is 0 Å². The zero-order valence-corrected chi connectivity index (χ0v) is 25.2. The van der Waals surface area contributed by atoms with Crippen LogP contribution in [0.2, 0.25) is 0 Å². The summed E-state index contributed by atoms with van der Waals surface area (Å²) in [5.74, 6) is 1.20. The van der Waals surface area contributed by atoms with Crippen LogP contribution in [0.25, 0.3) is 16.2 Å². The van der Waals surface area contributed by atoms with Gasteiger partial charge in [0.25, 0.3) is 0 Å². The number of amides is 2. The van der Waals surface area contributed by atoms with Crippen molar-refractivity contribution < 1.29 is 28.5 Å². The van der Waals surface area contributed by atoms with Crippen LogP contribution in [0.1, 0.15) is 59.2 Å². The molecule has 4 rings (SSSR count). The van der Waals surface area contributed by atoms with Gasteiger partial charge in [0.15, 0.2) is 18.6 Å². The molecule has 222 valence electrons. The molecule has 0 aliphatic carbocycles. The van der Waals surface area contributed by atoms with Gasteiger partial charge in [-0.25, -0.2) is 29.3 Å². The number of hydrogen-bond donors (Lipinski definition) is 0. The molecule has 3 heterocycles. The lowest BCUT2D eigenvalue weighted by Crippen LogP contribution is -2.43. The average molecular weight is 586 g/mol. The van der Waals surface area contributed by atoms with E-state index in [1.54, 1.807) is 90.1 Å². The molecule has 0 saturated heterocycles. The van der Waals surface area contributed by atoms with Crippen LogP contribution in [-0.2, 0) is 16.0 Å². The van der Waals surface area contributed by atoms with Crippen LogP contribution in [0.4, 0.5) is 15.3 Å². The van der Waals surface area contributed by atoms with Crippen LogP contribution < -0.4 is 4.74 Å². The second-order valence-corrected chi connectivity index (χ2v) is 11.6. The molecule has 2 amide bonds. The van der Waals surface area contributed by atoms with Crippen LogP contribution in [0.3, 0.4) is 0 Å². The molecule has 13 heteroatoms. The predicted octanol–water partition coefficient (Wildman–Crippen LogP) is 5.38. The van der Waals surface area contributed by atoms with Crippen LogP contribution in [0, 0.1) is 6.57 Å². The van der Waals surface area contributed by atoms with Crippen LogP contribution in [0.15, 0.2) is 54.3 Å². The highest BCUT2D eigenvalue weighted by Gasteiger charge is 2.32. The van der Waals surface area contributed by atoms with E-state index in [1.807, 2.05) is 0 Å². The lowest BCUT2D eigenvalue weighted by molar-refractivity contribution is -0.506. The summed E-state index contributed by atoms with van der Waals surface area (Å²) in [5, 5.41) is 4.51. The molecule has 0 radical (unpaired) electrons. The van der Waals surface area contributed by atoms with Gasteiger partial charge in [0.05, 0.1) is 24.9 Å². The Hall–Kier alpha value is -5.25. The summed E-state index contributed by atoms with van der Waals surface area (Å²) in [5.41, 5.74) is 1.05. The third-order valence-electron chi connectivity index (χ3n) is 5.65. The summed E-state index contributed by atoms with van der Waals surface area (Å²) in [4.78, 5) is 47.5. The van der Waals surface area contributed by atoms with Crippen molar-refractivity contribution in [3.05, 3.63) is 71.9 Å². The summed E-state index contributed by atoms with van der Waals surface area (Å²) in [7, 11) is 1.75. The molecule has 0 fully saturated rings. The fraction of sp³-hybridized carbons (Fsp3) is 0.367. The maximum Gasteiger partial charge on any atom is 0.420 e. The van der Waals surface area contributed by atoms with Gasteiger partial charge in [-0.05, 0) is 47.6 Å². The molecule has 0 saturated carbocycles. The third-order valence-corrected chi connectivity index (χ3v) is 5.65. The first-order chi connectivity index (χ1) is 20.2. The third kappa shape index (κ3) is 8.16. The van der Waals surface area contributed by atoms with Crippen LogP contribution in [-0.4, -0.2) is 71.6 Å². The molecule has 0 spiro atoms. The number of benzene rings is 1. The first-order valence-corrected chi connectivity index (χ1v) is 13.4. The number of hydrazone groups is 1. The van der Waals surface area contributed by atoms with Gasteiger partial charge in [0, 0.05) is 35.5 Å². The Kier molecular flexibility index (Phi) is 8.80. The topological polar surface area (TPSA) is 136 Å². The molecule has 1 aliphatic heterocycles. The minimum absolute atomic E-state index is 0.171. The number of ether oxygens (including phenoxy) is 3. The zero-order chi connectivity index (χ0) is 31.4. The molecule has 0 unspecified atom stereocenters. The lowest BCUT2D eigenvalue weighted by Gasteiger charge is -2.28. The number of hydrogen-bond acceptors (Lipinski definition) is 10. The number of carbonyl (C=O) groups is 2. The quantitative estimate of drug-likeness (QED) is 0.285. The van der Waals surface area contributed by atoms with Gasteiger partial charge in [-0.15, -0.1) is 0 Å². The summed E-state index contributed by atoms with van der Waals surface area (Å²) < 4.78 is 18.7. The average Bonchev–Trinajstić information content (AvgIpc) is 3.30. The SMILES string of the molecule is [C-]#[N+]c1ccc(-c2ncc(CN(C(=O)OC(C)(C)C)C(=O)OC(C)(C)C)cn2)c(OC2=[N+](C)N=C(c3cnccn3)C2)c1. The van der Waals surface area contributed by atoms with Gasteiger partial charge in [0.2, 0.25) is 0 Å². The normalized spacial score (nSPS) is 13.2.